The number of aryl methyl sites for hydroxylation is 1. The van der Waals surface area contributed by atoms with E-state index in [4.69, 9.17) is 4.74 Å². The molecule has 0 bridgehead atoms. The summed E-state index contributed by atoms with van der Waals surface area (Å²) in [7, 11) is 0. The lowest BCUT2D eigenvalue weighted by atomic mass is 10.1. The average molecular weight is 253 g/mol. The summed E-state index contributed by atoms with van der Waals surface area (Å²) in [5, 5.41) is 3.59. The molecule has 1 N–H and O–H groups in total. The summed E-state index contributed by atoms with van der Waals surface area (Å²) in [5.41, 5.74) is 0. The third kappa shape index (κ3) is 4.09. The molecule has 2 nitrogen and oxygen atoms in total. The van der Waals surface area contributed by atoms with Gasteiger partial charge in [-0.2, -0.15) is 0 Å². The van der Waals surface area contributed by atoms with Crippen LogP contribution in [0.4, 0.5) is 0 Å². The summed E-state index contributed by atoms with van der Waals surface area (Å²) < 4.78 is 5.62. The Balaban J connectivity index is 1.61. The van der Waals surface area contributed by atoms with Crippen LogP contribution in [0.25, 0.3) is 0 Å². The summed E-state index contributed by atoms with van der Waals surface area (Å²) in [6.07, 6.45) is 5.49. The van der Waals surface area contributed by atoms with E-state index >= 15 is 0 Å². The van der Waals surface area contributed by atoms with Crippen molar-refractivity contribution in [2.45, 2.75) is 51.7 Å². The van der Waals surface area contributed by atoms with E-state index in [9.17, 15) is 0 Å². The number of rotatable bonds is 6. The van der Waals surface area contributed by atoms with Gasteiger partial charge in [-0.25, -0.2) is 0 Å². The van der Waals surface area contributed by atoms with E-state index in [0.29, 0.717) is 12.1 Å². The molecule has 0 aliphatic carbocycles. The zero-order valence-corrected chi connectivity index (χ0v) is 11.7. The maximum atomic E-state index is 5.62. The Bertz CT molecular complexity index is 331. The van der Waals surface area contributed by atoms with Gasteiger partial charge in [0.25, 0.3) is 0 Å². The lowest BCUT2D eigenvalue weighted by molar-refractivity contribution is 0.102. The largest absolute Gasteiger partial charge is 0.378 e. The van der Waals surface area contributed by atoms with Crippen molar-refractivity contribution in [3.63, 3.8) is 0 Å². The van der Waals surface area contributed by atoms with Gasteiger partial charge in [0.2, 0.25) is 0 Å². The Kier molecular flexibility index (Phi) is 5.01. The molecule has 1 fully saturated rings. The van der Waals surface area contributed by atoms with Crippen molar-refractivity contribution in [2.24, 2.45) is 0 Å². The maximum Gasteiger partial charge on any atom is 0.0576 e. The topological polar surface area (TPSA) is 21.3 Å². The number of nitrogens with one attached hydrogen (secondary N) is 1. The third-order valence-corrected chi connectivity index (χ3v) is 4.55. The van der Waals surface area contributed by atoms with Crippen molar-refractivity contribution in [1.29, 1.82) is 0 Å². The summed E-state index contributed by atoms with van der Waals surface area (Å²) >= 11 is 1.89. The molecule has 0 saturated carbocycles. The van der Waals surface area contributed by atoms with Gasteiger partial charge in [0.15, 0.2) is 0 Å². The highest BCUT2D eigenvalue weighted by Crippen LogP contribution is 2.22. The molecule has 17 heavy (non-hydrogen) atoms. The molecule has 1 aromatic heterocycles. The van der Waals surface area contributed by atoms with Crippen molar-refractivity contribution in [3.05, 3.63) is 21.9 Å². The van der Waals surface area contributed by atoms with Crippen LogP contribution in [0.5, 0.6) is 0 Å². The van der Waals surface area contributed by atoms with Crippen molar-refractivity contribution in [3.8, 4) is 0 Å². The smallest absolute Gasteiger partial charge is 0.0576 e. The maximum absolute atomic E-state index is 5.62. The van der Waals surface area contributed by atoms with Crippen LogP contribution in [0.2, 0.25) is 0 Å². The summed E-state index contributed by atoms with van der Waals surface area (Å²) in [6, 6.07) is 4.92. The van der Waals surface area contributed by atoms with Crippen LogP contribution < -0.4 is 5.32 Å². The molecule has 2 rings (SSSR count). The second kappa shape index (κ2) is 6.53. The number of thiophene rings is 1. The van der Waals surface area contributed by atoms with Crippen LogP contribution >= 0.6 is 11.3 Å². The van der Waals surface area contributed by atoms with Crippen LogP contribution in [-0.2, 0) is 4.74 Å². The molecule has 2 atom stereocenters. The monoisotopic (exact) mass is 253 g/mol. The van der Waals surface area contributed by atoms with Crippen molar-refractivity contribution >= 4 is 11.3 Å². The SMILES string of the molecule is Cc1ccc(C(C)NCCCC2CCCO2)s1. The van der Waals surface area contributed by atoms with Gasteiger partial charge in [-0.3, -0.25) is 0 Å². The molecule has 0 amide bonds. The van der Waals surface area contributed by atoms with Gasteiger partial charge in [0.05, 0.1) is 6.10 Å². The van der Waals surface area contributed by atoms with E-state index in [2.05, 4.69) is 31.3 Å². The molecule has 0 aromatic carbocycles. The van der Waals surface area contributed by atoms with E-state index in [1.807, 2.05) is 11.3 Å². The lowest BCUT2D eigenvalue weighted by Crippen LogP contribution is -2.20. The molecule has 0 spiro atoms. The predicted octanol–water partition coefficient (Wildman–Crippen LogP) is 3.67. The molecule has 2 heterocycles. The quantitative estimate of drug-likeness (QED) is 0.781. The Morgan fingerprint density at radius 3 is 3.06 bits per heavy atom. The summed E-state index contributed by atoms with van der Waals surface area (Å²) in [5.74, 6) is 0. The summed E-state index contributed by atoms with van der Waals surface area (Å²) in [4.78, 5) is 2.84. The van der Waals surface area contributed by atoms with Crippen molar-refractivity contribution < 1.29 is 4.74 Å². The van der Waals surface area contributed by atoms with E-state index in [1.54, 1.807) is 0 Å². The first-order valence-electron chi connectivity index (χ1n) is 6.67. The number of hydrogen-bond donors (Lipinski definition) is 1. The molecule has 1 saturated heterocycles. The second-order valence-corrected chi connectivity index (χ2v) is 6.22. The first-order valence-corrected chi connectivity index (χ1v) is 7.48. The van der Waals surface area contributed by atoms with Gasteiger partial charge >= 0.3 is 0 Å². The Morgan fingerprint density at radius 2 is 2.41 bits per heavy atom. The molecule has 1 aliphatic heterocycles. The third-order valence-electron chi connectivity index (χ3n) is 3.37. The molecule has 1 aliphatic rings. The van der Waals surface area contributed by atoms with Crippen LogP contribution in [0.1, 0.15) is 48.4 Å². The summed E-state index contributed by atoms with van der Waals surface area (Å²) in [6.45, 7) is 6.48. The van der Waals surface area contributed by atoms with Crippen molar-refractivity contribution in [2.75, 3.05) is 13.2 Å². The van der Waals surface area contributed by atoms with Crippen LogP contribution in [-0.4, -0.2) is 19.3 Å². The lowest BCUT2D eigenvalue weighted by Gasteiger charge is -2.13. The van der Waals surface area contributed by atoms with E-state index in [0.717, 1.165) is 13.2 Å². The molecular formula is C14H23NOS. The zero-order valence-electron chi connectivity index (χ0n) is 10.9. The fraction of sp³-hybridized carbons (Fsp3) is 0.714. The van der Waals surface area contributed by atoms with Crippen LogP contribution in [0.15, 0.2) is 12.1 Å². The normalized spacial score (nSPS) is 21.9. The van der Waals surface area contributed by atoms with Gasteiger partial charge in [-0.05, 0) is 58.2 Å². The molecule has 2 unspecified atom stereocenters. The highest BCUT2D eigenvalue weighted by atomic mass is 32.1. The fourth-order valence-corrected chi connectivity index (χ4v) is 3.21. The number of hydrogen-bond acceptors (Lipinski definition) is 3. The minimum absolute atomic E-state index is 0.484. The molecular weight excluding hydrogens is 230 g/mol. The molecule has 0 radical (unpaired) electrons. The van der Waals surface area contributed by atoms with Gasteiger partial charge < -0.3 is 10.1 Å². The van der Waals surface area contributed by atoms with Gasteiger partial charge in [-0.15, -0.1) is 11.3 Å². The van der Waals surface area contributed by atoms with Crippen LogP contribution in [0, 0.1) is 6.92 Å². The second-order valence-electron chi connectivity index (χ2n) is 4.90. The van der Waals surface area contributed by atoms with Gasteiger partial charge in [-0.1, -0.05) is 0 Å². The van der Waals surface area contributed by atoms with E-state index in [1.165, 1.54) is 35.4 Å². The Morgan fingerprint density at radius 1 is 1.53 bits per heavy atom. The standard InChI is InChI=1S/C14H23NOS/c1-11-7-8-14(17-11)12(2)15-9-3-5-13-6-4-10-16-13/h7-8,12-13,15H,3-6,9-10H2,1-2H3. The van der Waals surface area contributed by atoms with Gasteiger partial charge in [0, 0.05) is 22.4 Å². The Hall–Kier alpha value is -0.380. The molecule has 96 valence electrons. The minimum Gasteiger partial charge on any atom is -0.378 e. The highest BCUT2D eigenvalue weighted by Gasteiger charge is 2.14. The first kappa shape index (κ1) is 13.1. The minimum atomic E-state index is 0.484. The van der Waals surface area contributed by atoms with E-state index in [-0.39, 0.29) is 0 Å². The Labute approximate surface area is 108 Å². The highest BCUT2D eigenvalue weighted by molar-refractivity contribution is 7.12. The van der Waals surface area contributed by atoms with Crippen LogP contribution in [0.3, 0.4) is 0 Å². The number of ether oxygens (including phenoxy) is 1. The van der Waals surface area contributed by atoms with Gasteiger partial charge in [0.1, 0.15) is 0 Å². The van der Waals surface area contributed by atoms with Crippen molar-refractivity contribution in [1.82, 2.24) is 5.32 Å². The zero-order chi connectivity index (χ0) is 12.1. The predicted molar refractivity (Wildman–Crippen MR) is 73.7 cm³/mol. The average Bonchev–Trinajstić information content (AvgIpc) is 2.95. The molecule has 1 aromatic rings. The first-order chi connectivity index (χ1) is 8.25. The van der Waals surface area contributed by atoms with E-state index < -0.39 is 0 Å². The molecule has 3 heteroatoms. The fourth-order valence-electron chi connectivity index (χ4n) is 2.31.